The molecule has 1 rings (SSSR count). The molecule has 98 valence electrons. The quantitative estimate of drug-likeness (QED) is 0.611. The van der Waals surface area contributed by atoms with Crippen LogP contribution >= 0.6 is 0 Å². The minimum Gasteiger partial charge on any atom is -0.467 e. The van der Waals surface area contributed by atoms with Gasteiger partial charge in [-0.3, -0.25) is 9.48 Å². The first-order chi connectivity index (χ1) is 8.56. The van der Waals surface area contributed by atoms with Crippen molar-refractivity contribution in [2.45, 2.75) is 19.4 Å². The number of methoxy groups -OCH3 is 1. The molecule has 18 heavy (non-hydrogen) atoms. The van der Waals surface area contributed by atoms with Crippen molar-refractivity contribution in [2.24, 2.45) is 7.05 Å². The van der Waals surface area contributed by atoms with Gasteiger partial charge in [0.1, 0.15) is 6.04 Å². The zero-order valence-electron chi connectivity index (χ0n) is 10.7. The number of ether oxygens (including phenoxy) is 1. The molecule has 1 amide bonds. The van der Waals surface area contributed by atoms with Crippen LogP contribution in [0.2, 0.25) is 0 Å². The Hall–Kier alpha value is -2.11. The van der Waals surface area contributed by atoms with Crippen molar-refractivity contribution in [3.8, 4) is 0 Å². The van der Waals surface area contributed by atoms with E-state index in [1.54, 1.807) is 37.1 Å². The largest absolute Gasteiger partial charge is 0.467 e. The van der Waals surface area contributed by atoms with Gasteiger partial charge in [0.15, 0.2) is 0 Å². The van der Waals surface area contributed by atoms with E-state index in [0.29, 0.717) is 6.42 Å². The molecule has 0 spiro atoms. The number of carbonyl (C=O) groups excluding carboxylic acids is 2. The summed E-state index contributed by atoms with van der Waals surface area (Å²) in [6.45, 7) is 1.80. The lowest BCUT2D eigenvalue weighted by Gasteiger charge is -2.12. The molecule has 0 aliphatic rings. The van der Waals surface area contributed by atoms with Crippen LogP contribution in [-0.4, -0.2) is 34.8 Å². The number of aryl methyl sites for hydroxylation is 1. The fourth-order valence-electron chi connectivity index (χ4n) is 1.39. The summed E-state index contributed by atoms with van der Waals surface area (Å²) in [4.78, 5) is 22.9. The number of hydrogen-bond donors (Lipinski definition) is 1. The topological polar surface area (TPSA) is 73.2 Å². The first kappa shape index (κ1) is 14.0. The van der Waals surface area contributed by atoms with Crippen LogP contribution in [0.5, 0.6) is 0 Å². The lowest BCUT2D eigenvalue weighted by atomic mass is 10.2. The van der Waals surface area contributed by atoms with E-state index in [-0.39, 0.29) is 5.91 Å². The van der Waals surface area contributed by atoms with Crippen LogP contribution in [0.3, 0.4) is 0 Å². The summed E-state index contributed by atoms with van der Waals surface area (Å²) < 4.78 is 6.22. The van der Waals surface area contributed by atoms with Gasteiger partial charge in [-0.1, -0.05) is 6.92 Å². The van der Waals surface area contributed by atoms with Gasteiger partial charge in [0.2, 0.25) is 5.91 Å². The van der Waals surface area contributed by atoms with Gasteiger partial charge < -0.3 is 10.1 Å². The fourth-order valence-corrected chi connectivity index (χ4v) is 1.39. The third kappa shape index (κ3) is 4.04. The summed E-state index contributed by atoms with van der Waals surface area (Å²) in [5.41, 5.74) is 0.818. The smallest absolute Gasteiger partial charge is 0.328 e. The van der Waals surface area contributed by atoms with E-state index in [2.05, 4.69) is 15.2 Å². The molecule has 1 aromatic heterocycles. The van der Waals surface area contributed by atoms with Gasteiger partial charge >= 0.3 is 5.97 Å². The van der Waals surface area contributed by atoms with Crippen LogP contribution in [-0.2, 0) is 21.4 Å². The zero-order valence-corrected chi connectivity index (χ0v) is 10.7. The molecule has 1 heterocycles. The maximum Gasteiger partial charge on any atom is 0.328 e. The van der Waals surface area contributed by atoms with Crippen molar-refractivity contribution in [3.63, 3.8) is 0 Å². The SMILES string of the molecule is CCC(NC(=O)/C=C/c1cnn(C)c1)C(=O)OC. The van der Waals surface area contributed by atoms with E-state index in [1.807, 2.05) is 0 Å². The van der Waals surface area contributed by atoms with Crippen LogP contribution in [0.25, 0.3) is 6.08 Å². The molecule has 1 N–H and O–H groups in total. The number of amides is 1. The predicted octanol–water partition coefficient (Wildman–Crippen LogP) is 0.501. The Bertz CT molecular complexity index is 451. The number of nitrogens with one attached hydrogen (secondary N) is 1. The van der Waals surface area contributed by atoms with E-state index >= 15 is 0 Å². The molecule has 1 aromatic rings. The van der Waals surface area contributed by atoms with Crippen molar-refractivity contribution in [2.75, 3.05) is 7.11 Å². The van der Waals surface area contributed by atoms with Gasteiger partial charge in [0, 0.05) is 24.9 Å². The maximum absolute atomic E-state index is 11.6. The van der Waals surface area contributed by atoms with Crippen molar-refractivity contribution in [3.05, 3.63) is 24.0 Å². The summed E-state index contributed by atoms with van der Waals surface area (Å²) in [6, 6.07) is -0.610. The first-order valence-corrected chi connectivity index (χ1v) is 5.61. The van der Waals surface area contributed by atoms with Gasteiger partial charge in [-0.25, -0.2) is 4.79 Å². The van der Waals surface area contributed by atoms with Crippen LogP contribution in [0.1, 0.15) is 18.9 Å². The number of rotatable bonds is 5. The molecule has 0 aliphatic heterocycles. The van der Waals surface area contributed by atoms with Gasteiger partial charge in [-0.05, 0) is 12.5 Å². The third-order valence-corrected chi connectivity index (χ3v) is 2.36. The van der Waals surface area contributed by atoms with E-state index in [4.69, 9.17) is 0 Å². The van der Waals surface area contributed by atoms with Gasteiger partial charge in [0.25, 0.3) is 0 Å². The van der Waals surface area contributed by atoms with Gasteiger partial charge in [0.05, 0.1) is 13.3 Å². The summed E-state index contributed by atoms with van der Waals surface area (Å²) in [5.74, 6) is -0.781. The second kappa shape index (κ2) is 6.58. The predicted molar refractivity (Wildman–Crippen MR) is 66.5 cm³/mol. The molecule has 0 radical (unpaired) electrons. The van der Waals surface area contributed by atoms with Crippen molar-refractivity contribution in [1.29, 1.82) is 0 Å². The van der Waals surface area contributed by atoms with Crippen LogP contribution in [0, 0.1) is 0 Å². The lowest BCUT2D eigenvalue weighted by Crippen LogP contribution is -2.40. The molecule has 0 fully saturated rings. The van der Waals surface area contributed by atoms with Crippen LogP contribution in [0.4, 0.5) is 0 Å². The Morgan fingerprint density at radius 2 is 2.33 bits per heavy atom. The first-order valence-electron chi connectivity index (χ1n) is 5.61. The average Bonchev–Trinajstić information content (AvgIpc) is 2.78. The summed E-state index contributed by atoms with van der Waals surface area (Å²) in [7, 11) is 3.09. The minimum absolute atomic E-state index is 0.337. The van der Waals surface area contributed by atoms with Gasteiger partial charge in [-0.15, -0.1) is 0 Å². The summed E-state index contributed by atoms with van der Waals surface area (Å²) in [6.07, 6.45) is 6.90. The minimum atomic E-state index is -0.610. The normalized spacial score (nSPS) is 12.4. The molecule has 6 heteroatoms. The average molecular weight is 251 g/mol. The Kier molecular flexibility index (Phi) is 5.10. The number of nitrogens with zero attached hydrogens (tertiary/aromatic N) is 2. The standard InChI is InChI=1S/C12H17N3O3/c1-4-10(12(17)18-3)14-11(16)6-5-9-7-13-15(2)8-9/h5-8,10H,4H2,1-3H3,(H,14,16)/b6-5+. The number of carbonyl (C=O) groups is 2. The third-order valence-electron chi connectivity index (χ3n) is 2.36. The molecule has 6 nitrogen and oxygen atoms in total. The number of aromatic nitrogens is 2. The van der Waals surface area contributed by atoms with Gasteiger partial charge in [-0.2, -0.15) is 5.10 Å². The maximum atomic E-state index is 11.6. The highest BCUT2D eigenvalue weighted by atomic mass is 16.5. The molecular formula is C12H17N3O3. The second-order valence-electron chi connectivity index (χ2n) is 3.77. The lowest BCUT2D eigenvalue weighted by molar-refractivity contribution is -0.144. The molecule has 0 bridgehead atoms. The highest BCUT2D eigenvalue weighted by Gasteiger charge is 2.17. The molecule has 0 saturated carbocycles. The van der Waals surface area contributed by atoms with Crippen LogP contribution in [0.15, 0.2) is 18.5 Å². The highest BCUT2D eigenvalue weighted by molar-refractivity contribution is 5.94. The van der Waals surface area contributed by atoms with E-state index in [9.17, 15) is 9.59 Å². The highest BCUT2D eigenvalue weighted by Crippen LogP contribution is 1.99. The monoisotopic (exact) mass is 251 g/mol. The van der Waals surface area contributed by atoms with Crippen molar-refractivity contribution < 1.29 is 14.3 Å². The van der Waals surface area contributed by atoms with Crippen molar-refractivity contribution >= 4 is 18.0 Å². The molecule has 0 saturated heterocycles. The Morgan fingerprint density at radius 3 is 2.83 bits per heavy atom. The van der Waals surface area contributed by atoms with Crippen LogP contribution < -0.4 is 5.32 Å². The number of hydrogen-bond acceptors (Lipinski definition) is 4. The zero-order chi connectivity index (χ0) is 13.5. The molecular weight excluding hydrogens is 234 g/mol. The summed E-state index contributed by atoms with van der Waals surface area (Å²) in [5, 5.41) is 6.54. The van der Waals surface area contributed by atoms with E-state index in [1.165, 1.54) is 13.2 Å². The summed E-state index contributed by atoms with van der Waals surface area (Å²) >= 11 is 0. The molecule has 1 atom stereocenters. The number of esters is 1. The molecule has 0 aromatic carbocycles. The molecule has 1 unspecified atom stereocenters. The second-order valence-corrected chi connectivity index (χ2v) is 3.77. The van der Waals surface area contributed by atoms with E-state index < -0.39 is 12.0 Å². The van der Waals surface area contributed by atoms with Crippen molar-refractivity contribution in [1.82, 2.24) is 15.1 Å². The Morgan fingerprint density at radius 1 is 1.61 bits per heavy atom. The molecule has 0 aliphatic carbocycles. The fraction of sp³-hybridized carbons (Fsp3) is 0.417. The Balaban J connectivity index is 2.55. The Labute approximate surface area is 106 Å². The van der Waals surface area contributed by atoms with E-state index in [0.717, 1.165) is 5.56 Å².